The van der Waals surface area contributed by atoms with E-state index in [-0.39, 0.29) is 0 Å². The predicted octanol–water partition coefficient (Wildman–Crippen LogP) is 2.24. The van der Waals surface area contributed by atoms with Crippen molar-refractivity contribution < 1.29 is 0 Å². The molecule has 0 bridgehead atoms. The van der Waals surface area contributed by atoms with E-state index in [2.05, 4.69) is 27.5 Å². The Bertz CT molecular complexity index is 360. The standard InChI is InChI=1S/C12H21N5/c1-2-7-14-10-8-11(17-12(13)16-10)15-9-5-3-4-6-9/h8-9H,2-7H2,1H3,(H4,13,14,15,16,17). The zero-order valence-corrected chi connectivity index (χ0v) is 10.4. The summed E-state index contributed by atoms with van der Waals surface area (Å²) in [5, 5.41) is 6.66. The van der Waals surface area contributed by atoms with Gasteiger partial charge in [0.05, 0.1) is 0 Å². The van der Waals surface area contributed by atoms with Crippen LogP contribution in [0.5, 0.6) is 0 Å². The molecule has 1 aliphatic carbocycles. The molecule has 94 valence electrons. The maximum atomic E-state index is 5.70. The summed E-state index contributed by atoms with van der Waals surface area (Å²) < 4.78 is 0. The summed E-state index contributed by atoms with van der Waals surface area (Å²) in [6.45, 7) is 3.02. The highest BCUT2D eigenvalue weighted by Gasteiger charge is 2.15. The second-order valence-electron chi connectivity index (χ2n) is 4.55. The van der Waals surface area contributed by atoms with Gasteiger partial charge in [0.1, 0.15) is 11.6 Å². The molecule has 2 rings (SSSR count). The minimum Gasteiger partial charge on any atom is -0.370 e. The second kappa shape index (κ2) is 5.70. The van der Waals surface area contributed by atoms with Crippen molar-refractivity contribution in [1.29, 1.82) is 0 Å². The van der Waals surface area contributed by atoms with Gasteiger partial charge in [0, 0.05) is 18.7 Å². The molecule has 1 aromatic rings. The van der Waals surface area contributed by atoms with Gasteiger partial charge in [-0.3, -0.25) is 0 Å². The highest BCUT2D eigenvalue weighted by atomic mass is 15.1. The molecule has 0 spiro atoms. The van der Waals surface area contributed by atoms with Gasteiger partial charge in [0.25, 0.3) is 0 Å². The molecule has 0 saturated heterocycles. The van der Waals surface area contributed by atoms with E-state index in [0.29, 0.717) is 12.0 Å². The molecular weight excluding hydrogens is 214 g/mol. The first-order valence-corrected chi connectivity index (χ1v) is 6.43. The van der Waals surface area contributed by atoms with Crippen LogP contribution in [0.25, 0.3) is 0 Å². The lowest BCUT2D eigenvalue weighted by Crippen LogP contribution is -2.16. The van der Waals surface area contributed by atoms with Gasteiger partial charge in [0.2, 0.25) is 5.95 Å². The zero-order valence-electron chi connectivity index (χ0n) is 10.4. The predicted molar refractivity (Wildman–Crippen MR) is 71.1 cm³/mol. The van der Waals surface area contributed by atoms with Crippen LogP contribution in [0.2, 0.25) is 0 Å². The van der Waals surface area contributed by atoms with E-state index in [1.165, 1.54) is 25.7 Å². The number of nitrogens with zero attached hydrogens (tertiary/aromatic N) is 2. The lowest BCUT2D eigenvalue weighted by molar-refractivity contribution is 0.750. The zero-order chi connectivity index (χ0) is 12.1. The van der Waals surface area contributed by atoms with Gasteiger partial charge in [-0.1, -0.05) is 19.8 Å². The smallest absolute Gasteiger partial charge is 0.223 e. The minimum atomic E-state index is 0.326. The van der Waals surface area contributed by atoms with E-state index in [4.69, 9.17) is 5.73 Å². The number of rotatable bonds is 5. The molecule has 1 heterocycles. The van der Waals surface area contributed by atoms with E-state index in [9.17, 15) is 0 Å². The first-order chi connectivity index (χ1) is 8.28. The summed E-state index contributed by atoms with van der Waals surface area (Å²) in [7, 11) is 0. The van der Waals surface area contributed by atoms with E-state index in [0.717, 1.165) is 24.6 Å². The quantitative estimate of drug-likeness (QED) is 0.729. The van der Waals surface area contributed by atoms with Crippen molar-refractivity contribution in [1.82, 2.24) is 9.97 Å². The molecule has 17 heavy (non-hydrogen) atoms. The summed E-state index contributed by atoms with van der Waals surface area (Å²) >= 11 is 0. The van der Waals surface area contributed by atoms with E-state index in [1.807, 2.05) is 6.07 Å². The minimum absolute atomic E-state index is 0.326. The van der Waals surface area contributed by atoms with Crippen LogP contribution in [0.15, 0.2) is 6.07 Å². The Balaban J connectivity index is 2.02. The Labute approximate surface area is 102 Å². The molecule has 1 saturated carbocycles. The van der Waals surface area contributed by atoms with Crippen molar-refractivity contribution in [2.75, 3.05) is 22.9 Å². The third kappa shape index (κ3) is 3.47. The number of hydrogen-bond donors (Lipinski definition) is 3. The van der Waals surface area contributed by atoms with Gasteiger partial charge < -0.3 is 16.4 Å². The highest BCUT2D eigenvalue weighted by Crippen LogP contribution is 2.22. The van der Waals surface area contributed by atoms with Crippen LogP contribution in [-0.2, 0) is 0 Å². The van der Waals surface area contributed by atoms with Crippen molar-refractivity contribution in [3.8, 4) is 0 Å². The molecule has 4 N–H and O–H groups in total. The molecular formula is C12H21N5. The highest BCUT2D eigenvalue weighted by molar-refractivity contribution is 5.51. The average Bonchev–Trinajstić information content (AvgIpc) is 2.78. The monoisotopic (exact) mass is 235 g/mol. The summed E-state index contributed by atoms with van der Waals surface area (Å²) in [5.41, 5.74) is 5.70. The van der Waals surface area contributed by atoms with Crippen molar-refractivity contribution >= 4 is 17.6 Å². The Hall–Kier alpha value is -1.52. The van der Waals surface area contributed by atoms with Crippen LogP contribution in [0.3, 0.4) is 0 Å². The topological polar surface area (TPSA) is 75.9 Å². The molecule has 0 aliphatic heterocycles. The number of nitrogen functional groups attached to an aromatic ring is 1. The largest absolute Gasteiger partial charge is 0.370 e. The van der Waals surface area contributed by atoms with Crippen molar-refractivity contribution in [3.63, 3.8) is 0 Å². The molecule has 0 amide bonds. The van der Waals surface area contributed by atoms with Gasteiger partial charge in [-0.05, 0) is 19.3 Å². The molecule has 5 heteroatoms. The molecule has 0 atom stereocenters. The summed E-state index contributed by atoms with van der Waals surface area (Å²) in [6.07, 6.45) is 6.12. The van der Waals surface area contributed by atoms with E-state index >= 15 is 0 Å². The van der Waals surface area contributed by atoms with Crippen LogP contribution in [0.4, 0.5) is 17.6 Å². The van der Waals surface area contributed by atoms with Gasteiger partial charge in [0.15, 0.2) is 0 Å². The van der Waals surface area contributed by atoms with Gasteiger partial charge in [-0.2, -0.15) is 9.97 Å². The van der Waals surface area contributed by atoms with Crippen molar-refractivity contribution in [2.24, 2.45) is 0 Å². The molecule has 5 nitrogen and oxygen atoms in total. The molecule has 1 fully saturated rings. The van der Waals surface area contributed by atoms with Crippen LogP contribution in [0.1, 0.15) is 39.0 Å². The van der Waals surface area contributed by atoms with Crippen LogP contribution < -0.4 is 16.4 Å². The third-order valence-electron chi connectivity index (χ3n) is 3.01. The molecule has 1 aliphatic rings. The lowest BCUT2D eigenvalue weighted by atomic mass is 10.2. The van der Waals surface area contributed by atoms with E-state index in [1.54, 1.807) is 0 Å². The summed E-state index contributed by atoms with van der Waals surface area (Å²) in [4.78, 5) is 8.38. The van der Waals surface area contributed by atoms with Gasteiger partial charge in [-0.15, -0.1) is 0 Å². The molecule has 0 radical (unpaired) electrons. The molecule has 0 unspecified atom stereocenters. The summed E-state index contributed by atoms with van der Waals surface area (Å²) in [6, 6.07) is 2.48. The number of anilines is 3. The van der Waals surface area contributed by atoms with Crippen molar-refractivity contribution in [3.05, 3.63) is 6.07 Å². The normalized spacial score (nSPS) is 16.1. The van der Waals surface area contributed by atoms with Gasteiger partial charge in [-0.25, -0.2) is 0 Å². The Morgan fingerprint density at radius 3 is 2.71 bits per heavy atom. The second-order valence-corrected chi connectivity index (χ2v) is 4.55. The number of aromatic nitrogens is 2. The number of nitrogens with one attached hydrogen (secondary N) is 2. The fourth-order valence-electron chi connectivity index (χ4n) is 2.16. The maximum Gasteiger partial charge on any atom is 0.223 e. The Morgan fingerprint density at radius 2 is 2.00 bits per heavy atom. The van der Waals surface area contributed by atoms with Crippen LogP contribution in [0, 0.1) is 0 Å². The number of nitrogens with two attached hydrogens (primary N) is 1. The third-order valence-corrected chi connectivity index (χ3v) is 3.01. The fourth-order valence-corrected chi connectivity index (χ4v) is 2.16. The van der Waals surface area contributed by atoms with Crippen molar-refractivity contribution in [2.45, 2.75) is 45.1 Å². The lowest BCUT2D eigenvalue weighted by Gasteiger charge is -2.14. The first-order valence-electron chi connectivity index (χ1n) is 6.43. The Morgan fingerprint density at radius 1 is 1.29 bits per heavy atom. The average molecular weight is 235 g/mol. The SMILES string of the molecule is CCCNc1cc(NC2CCCC2)nc(N)n1. The fraction of sp³-hybridized carbons (Fsp3) is 0.667. The van der Waals surface area contributed by atoms with Crippen LogP contribution in [-0.4, -0.2) is 22.6 Å². The molecule has 0 aromatic carbocycles. The number of hydrogen-bond acceptors (Lipinski definition) is 5. The van der Waals surface area contributed by atoms with Crippen LogP contribution >= 0.6 is 0 Å². The van der Waals surface area contributed by atoms with Gasteiger partial charge >= 0.3 is 0 Å². The Kier molecular flexibility index (Phi) is 4.01. The first kappa shape index (κ1) is 12.0. The maximum absolute atomic E-state index is 5.70. The molecule has 1 aromatic heterocycles. The van der Waals surface area contributed by atoms with E-state index < -0.39 is 0 Å². The summed E-state index contributed by atoms with van der Waals surface area (Å²) in [5.74, 6) is 1.97.